The molecule has 0 radical (unpaired) electrons. The molecule has 2 rings (SSSR count). The third kappa shape index (κ3) is 3.34. The molecule has 0 atom stereocenters. The zero-order valence-electron chi connectivity index (χ0n) is 11.6. The molecule has 0 amide bonds. The van der Waals surface area contributed by atoms with Crippen LogP contribution in [-0.2, 0) is 0 Å². The van der Waals surface area contributed by atoms with Crippen LogP contribution in [0.25, 0.3) is 0 Å². The first-order valence-corrected chi connectivity index (χ1v) is 6.44. The number of aryl methyl sites for hydroxylation is 1. The molecule has 1 aromatic heterocycles. The predicted molar refractivity (Wildman–Crippen MR) is 79.3 cm³/mol. The van der Waals surface area contributed by atoms with Crippen LogP contribution in [0.4, 0.5) is 17.2 Å². The number of rotatable bonds is 5. The number of benzene rings is 1. The SMILES string of the molecule is Cc1cnc(N(CCC#N)c2ccccc2)cc1[N+](=O)[O-]. The van der Waals surface area contributed by atoms with Crippen molar-refractivity contribution in [3.05, 3.63) is 58.3 Å². The van der Waals surface area contributed by atoms with E-state index in [4.69, 9.17) is 5.26 Å². The summed E-state index contributed by atoms with van der Waals surface area (Å²) in [6, 6.07) is 12.9. The number of pyridine rings is 1. The molecule has 6 nitrogen and oxygen atoms in total. The highest BCUT2D eigenvalue weighted by atomic mass is 16.6. The molecule has 0 saturated carbocycles. The van der Waals surface area contributed by atoms with E-state index in [-0.39, 0.29) is 5.69 Å². The predicted octanol–water partition coefficient (Wildman–Crippen LogP) is 3.35. The summed E-state index contributed by atoms with van der Waals surface area (Å²) in [4.78, 5) is 16.7. The van der Waals surface area contributed by atoms with Crippen molar-refractivity contribution in [2.45, 2.75) is 13.3 Å². The topological polar surface area (TPSA) is 83.1 Å². The average molecular weight is 282 g/mol. The number of nitrogens with zero attached hydrogens (tertiary/aromatic N) is 4. The number of hydrogen-bond acceptors (Lipinski definition) is 5. The van der Waals surface area contributed by atoms with Crippen molar-refractivity contribution in [3.8, 4) is 6.07 Å². The molecule has 1 heterocycles. The van der Waals surface area contributed by atoms with E-state index in [1.165, 1.54) is 12.3 Å². The standard InChI is InChI=1S/C15H14N4O2/c1-12-11-17-15(10-14(12)19(20)21)18(9-5-8-16)13-6-3-2-4-7-13/h2-4,6-7,10-11H,5,9H2,1H3. The first-order chi connectivity index (χ1) is 10.1. The first-order valence-electron chi connectivity index (χ1n) is 6.44. The number of aromatic nitrogens is 1. The largest absolute Gasteiger partial charge is 0.325 e. The molecule has 0 fully saturated rings. The average Bonchev–Trinajstić information content (AvgIpc) is 2.50. The second kappa shape index (κ2) is 6.48. The van der Waals surface area contributed by atoms with Gasteiger partial charge in [-0.25, -0.2) is 4.98 Å². The molecule has 6 heteroatoms. The number of anilines is 2. The lowest BCUT2D eigenvalue weighted by Gasteiger charge is -2.22. The van der Waals surface area contributed by atoms with Gasteiger partial charge in [-0.05, 0) is 19.1 Å². The Balaban J connectivity index is 2.44. The van der Waals surface area contributed by atoms with Crippen molar-refractivity contribution in [2.24, 2.45) is 0 Å². The lowest BCUT2D eigenvalue weighted by molar-refractivity contribution is -0.385. The fraction of sp³-hybridized carbons (Fsp3) is 0.200. The molecule has 0 N–H and O–H groups in total. The van der Waals surface area contributed by atoms with E-state index in [1.807, 2.05) is 30.3 Å². The van der Waals surface area contributed by atoms with Crippen LogP contribution in [0.15, 0.2) is 42.6 Å². The fourth-order valence-electron chi connectivity index (χ4n) is 1.99. The van der Waals surface area contributed by atoms with Crippen molar-refractivity contribution in [3.63, 3.8) is 0 Å². The summed E-state index contributed by atoms with van der Waals surface area (Å²) in [5.74, 6) is 0.466. The summed E-state index contributed by atoms with van der Waals surface area (Å²) in [6.45, 7) is 2.07. The van der Waals surface area contributed by atoms with Gasteiger partial charge in [0.2, 0.25) is 0 Å². The van der Waals surface area contributed by atoms with E-state index in [0.717, 1.165) is 5.69 Å². The summed E-state index contributed by atoms with van der Waals surface area (Å²) < 4.78 is 0. The molecular weight excluding hydrogens is 268 g/mol. The highest BCUT2D eigenvalue weighted by Gasteiger charge is 2.17. The maximum Gasteiger partial charge on any atom is 0.277 e. The van der Waals surface area contributed by atoms with Gasteiger partial charge in [0, 0.05) is 24.0 Å². The summed E-state index contributed by atoms with van der Waals surface area (Å²) in [7, 11) is 0. The van der Waals surface area contributed by atoms with Crippen LogP contribution in [0, 0.1) is 28.4 Å². The Morgan fingerprint density at radius 1 is 1.38 bits per heavy atom. The van der Waals surface area contributed by atoms with Gasteiger partial charge in [0.25, 0.3) is 5.69 Å². The van der Waals surface area contributed by atoms with Gasteiger partial charge >= 0.3 is 0 Å². The van der Waals surface area contributed by atoms with Gasteiger partial charge in [-0.2, -0.15) is 5.26 Å². The van der Waals surface area contributed by atoms with E-state index in [0.29, 0.717) is 24.3 Å². The Kier molecular flexibility index (Phi) is 4.46. The number of hydrogen-bond donors (Lipinski definition) is 0. The Labute approximate surface area is 122 Å². The van der Waals surface area contributed by atoms with Crippen LogP contribution < -0.4 is 4.90 Å². The minimum atomic E-state index is -0.423. The highest BCUT2D eigenvalue weighted by molar-refractivity contribution is 5.62. The molecular formula is C15H14N4O2. The molecule has 2 aromatic rings. The molecule has 106 valence electrons. The maximum atomic E-state index is 11.1. The fourth-order valence-corrected chi connectivity index (χ4v) is 1.99. The second-order valence-electron chi connectivity index (χ2n) is 4.48. The summed E-state index contributed by atoms with van der Waals surface area (Å²) in [5, 5.41) is 19.8. The van der Waals surface area contributed by atoms with Gasteiger partial charge in [0.15, 0.2) is 0 Å². The van der Waals surface area contributed by atoms with Crippen molar-refractivity contribution in [2.75, 3.05) is 11.4 Å². The quantitative estimate of drug-likeness (QED) is 0.620. The van der Waals surface area contributed by atoms with E-state index < -0.39 is 4.92 Å². The third-order valence-corrected chi connectivity index (χ3v) is 3.05. The lowest BCUT2D eigenvalue weighted by atomic mass is 10.2. The van der Waals surface area contributed by atoms with Crippen LogP contribution in [0.3, 0.4) is 0 Å². The zero-order valence-corrected chi connectivity index (χ0v) is 11.6. The second-order valence-corrected chi connectivity index (χ2v) is 4.48. The number of nitro groups is 1. The Morgan fingerprint density at radius 2 is 2.10 bits per heavy atom. The molecule has 1 aromatic carbocycles. The highest BCUT2D eigenvalue weighted by Crippen LogP contribution is 2.28. The monoisotopic (exact) mass is 282 g/mol. The van der Waals surface area contributed by atoms with Gasteiger partial charge in [-0.15, -0.1) is 0 Å². The lowest BCUT2D eigenvalue weighted by Crippen LogP contribution is -2.19. The smallest absolute Gasteiger partial charge is 0.277 e. The summed E-state index contributed by atoms with van der Waals surface area (Å²) >= 11 is 0. The molecule has 21 heavy (non-hydrogen) atoms. The maximum absolute atomic E-state index is 11.1. The summed E-state index contributed by atoms with van der Waals surface area (Å²) in [6.07, 6.45) is 1.79. The zero-order chi connectivity index (χ0) is 15.2. The Morgan fingerprint density at radius 3 is 2.71 bits per heavy atom. The molecule has 0 unspecified atom stereocenters. The number of nitriles is 1. The van der Waals surface area contributed by atoms with E-state index in [1.54, 1.807) is 11.8 Å². The van der Waals surface area contributed by atoms with E-state index in [2.05, 4.69) is 11.1 Å². The first kappa shape index (κ1) is 14.5. The molecule has 0 aliphatic carbocycles. The van der Waals surface area contributed by atoms with Crippen LogP contribution in [0.1, 0.15) is 12.0 Å². The molecule has 0 saturated heterocycles. The molecule has 0 aliphatic rings. The van der Waals surface area contributed by atoms with Crippen molar-refractivity contribution >= 4 is 17.2 Å². The minimum Gasteiger partial charge on any atom is -0.325 e. The van der Waals surface area contributed by atoms with Crippen LogP contribution in [0.2, 0.25) is 0 Å². The Hall–Kier alpha value is -2.94. The normalized spacial score (nSPS) is 9.90. The molecule has 0 aliphatic heterocycles. The molecule has 0 bridgehead atoms. The van der Waals surface area contributed by atoms with E-state index in [9.17, 15) is 10.1 Å². The van der Waals surface area contributed by atoms with Gasteiger partial charge in [-0.1, -0.05) is 18.2 Å². The van der Waals surface area contributed by atoms with Crippen LogP contribution in [-0.4, -0.2) is 16.5 Å². The third-order valence-electron chi connectivity index (χ3n) is 3.05. The molecule has 0 spiro atoms. The van der Waals surface area contributed by atoms with Crippen molar-refractivity contribution in [1.29, 1.82) is 5.26 Å². The van der Waals surface area contributed by atoms with Gasteiger partial charge in [-0.3, -0.25) is 10.1 Å². The van der Waals surface area contributed by atoms with Crippen molar-refractivity contribution in [1.82, 2.24) is 4.98 Å². The minimum absolute atomic E-state index is 0.0258. The van der Waals surface area contributed by atoms with E-state index >= 15 is 0 Å². The summed E-state index contributed by atoms with van der Waals surface area (Å²) in [5.41, 5.74) is 1.38. The van der Waals surface area contributed by atoms with Crippen LogP contribution >= 0.6 is 0 Å². The van der Waals surface area contributed by atoms with Gasteiger partial charge < -0.3 is 4.90 Å². The van der Waals surface area contributed by atoms with Crippen molar-refractivity contribution < 1.29 is 4.92 Å². The van der Waals surface area contributed by atoms with Gasteiger partial charge in [0.1, 0.15) is 5.82 Å². The number of para-hydroxylation sites is 1. The van der Waals surface area contributed by atoms with Crippen LogP contribution in [0.5, 0.6) is 0 Å². The Bertz CT molecular complexity index is 680. The van der Waals surface area contributed by atoms with Gasteiger partial charge in [0.05, 0.1) is 23.5 Å².